The second-order valence-corrected chi connectivity index (χ2v) is 5.01. The molecule has 0 fully saturated rings. The second-order valence-electron chi connectivity index (χ2n) is 5.01. The highest BCUT2D eigenvalue weighted by molar-refractivity contribution is 6.02. The van der Waals surface area contributed by atoms with Crippen LogP contribution in [-0.2, 0) is 9.53 Å². The van der Waals surface area contributed by atoms with Crippen LogP contribution in [0.15, 0.2) is 54.6 Å². The Kier molecular flexibility index (Phi) is 6.00. The van der Waals surface area contributed by atoms with Crippen molar-refractivity contribution >= 4 is 23.6 Å². The van der Waals surface area contributed by atoms with Gasteiger partial charge in [0, 0.05) is 17.8 Å². The van der Waals surface area contributed by atoms with Crippen molar-refractivity contribution in [3.05, 3.63) is 65.7 Å². The lowest BCUT2D eigenvalue weighted by Gasteiger charge is -2.10. The molecule has 0 radical (unpaired) electrons. The Bertz CT molecular complexity index is 814. The first-order valence-electron chi connectivity index (χ1n) is 7.30. The van der Waals surface area contributed by atoms with Crippen LogP contribution in [0.5, 0.6) is 5.75 Å². The number of methoxy groups -OCH3 is 1. The maximum Gasteiger partial charge on any atom is 0.573 e. The summed E-state index contributed by atoms with van der Waals surface area (Å²) >= 11 is 0. The van der Waals surface area contributed by atoms with Crippen LogP contribution in [-0.4, -0.2) is 25.3 Å². The maximum absolute atomic E-state index is 12.2. The number of hydrogen-bond acceptors (Lipinski definition) is 4. The van der Waals surface area contributed by atoms with Crippen LogP contribution in [0.1, 0.15) is 15.9 Å². The van der Waals surface area contributed by atoms with Crippen LogP contribution < -0.4 is 10.1 Å². The molecule has 0 aliphatic carbocycles. The number of carbonyl (C=O) groups is 2. The first-order chi connectivity index (χ1) is 12.3. The number of halogens is 3. The van der Waals surface area contributed by atoms with Crippen molar-refractivity contribution in [1.82, 2.24) is 0 Å². The molecule has 0 bridgehead atoms. The Morgan fingerprint density at radius 3 is 2.38 bits per heavy atom. The minimum Gasteiger partial charge on any atom is -0.465 e. The van der Waals surface area contributed by atoms with Crippen LogP contribution in [0.2, 0.25) is 0 Å². The molecule has 0 aromatic heterocycles. The Balaban J connectivity index is 1.99. The normalized spacial score (nSPS) is 11.2. The van der Waals surface area contributed by atoms with Crippen molar-refractivity contribution in [2.45, 2.75) is 6.36 Å². The van der Waals surface area contributed by atoms with E-state index in [9.17, 15) is 22.8 Å². The van der Waals surface area contributed by atoms with Crippen molar-refractivity contribution in [2.75, 3.05) is 12.4 Å². The molecule has 26 heavy (non-hydrogen) atoms. The van der Waals surface area contributed by atoms with Crippen molar-refractivity contribution in [1.29, 1.82) is 0 Å². The Morgan fingerprint density at radius 1 is 1.08 bits per heavy atom. The van der Waals surface area contributed by atoms with Crippen LogP contribution >= 0.6 is 0 Å². The lowest BCUT2D eigenvalue weighted by molar-refractivity contribution is -0.274. The zero-order valence-corrected chi connectivity index (χ0v) is 13.5. The van der Waals surface area contributed by atoms with Crippen molar-refractivity contribution < 1.29 is 32.2 Å². The second kappa shape index (κ2) is 8.19. The first kappa shape index (κ1) is 19.0. The lowest BCUT2D eigenvalue weighted by atomic mass is 10.1. The molecule has 1 amide bonds. The molecule has 0 unspecified atom stereocenters. The number of nitrogens with one attached hydrogen (secondary N) is 1. The van der Waals surface area contributed by atoms with Crippen molar-refractivity contribution in [2.24, 2.45) is 0 Å². The summed E-state index contributed by atoms with van der Waals surface area (Å²) in [7, 11) is 1.27. The van der Waals surface area contributed by atoms with Gasteiger partial charge in [0.05, 0.1) is 12.7 Å². The third-order valence-corrected chi connectivity index (χ3v) is 3.09. The standard InChI is InChI=1S/C18H14F3NO4/c1-25-17(24)13-8-5-12(6-9-13)7-10-16(23)22-14-3-2-4-15(11-14)26-18(19,20)21/h2-11H,1H3,(H,22,23)/b10-7+. The molecule has 2 aromatic carbocycles. The summed E-state index contributed by atoms with van der Waals surface area (Å²) in [5.41, 5.74) is 1.18. The molecule has 0 spiro atoms. The van der Waals surface area contributed by atoms with Gasteiger partial charge in [0.2, 0.25) is 5.91 Å². The predicted octanol–water partition coefficient (Wildman–Crippen LogP) is 4.02. The minimum absolute atomic E-state index is 0.155. The number of esters is 1. The number of alkyl halides is 3. The predicted molar refractivity (Wildman–Crippen MR) is 88.6 cm³/mol. The van der Waals surface area contributed by atoms with Gasteiger partial charge in [0.25, 0.3) is 0 Å². The largest absolute Gasteiger partial charge is 0.573 e. The summed E-state index contributed by atoms with van der Waals surface area (Å²) in [6.45, 7) is 0. The van der Waals surface area contributed by atoms with Crippen LogP contribution in [0.4, 0.5) is 18.9 Å². The van der Waals surface area contributed by atoms with Gasteiger partial charge in [0.1, 0.15) is 5.75 Å². The monoisotopic (exact) mass is 365 g/mol. The van der Waals surface area contributed by atoms with Crippen molar-refractivity contribution in [3.63, 3.8) is 0 Å². The average molecular weight is 365 g/mol. The van der Waals surface area contributed by atoms with Gasteiger partial charge in [-0.15, -0.1) is 13.2 Å². The maximum atomic E-state index is 12.2. The fraction of sp³-hybridized carbons (Fsp3) is 0.111. The first-order valence-corrected chi connectivity index (χ1v) is 7.30. The Labute approximate surface area is 147 Å². The summed E-state index contributed by atoms with van der Waals surface area (Å²) in [6.07, 6.45) is -2.10. The molecule has 136 valence electrons. The van der Waals surface area contributed by atoms with E-state index in [2.05, 4.69) is 14.8 Å². The highest BCUT2D eigenvalue weighted by Crippen LogP contribution is 2.25. The molecule has 2 rings (SSSR count). The molecule has 1 N–H and O–H groups in total. The summed E-state index contributed by atoms with van der Waals surface area (Å²) in [6, 6.07) is 11.3. The smallest absolute Gasteiger partial charge is 0.465 e. The minimum atomic E-state index is -4.81. The number of anilines is 1. The molecular weight excluding hydrogens is 351 g/mol. The van der Waals surface area contributed by atoms with E-state index in [1.54, 1.807) is 24.3 Å². The zero-order valence-electron chi connectivity index (χ0n) is 13.5. The zero-order chi connectivity index (χ0) is 19.2. The number of benzene rings is 2. The number of carbonyl (C=O) groups excluding carboxylic acids is 2. The highest BCUT2D eigenvalue weighted by Gasteiger charge is 2.31. The van der Waals surface area contributed by atoms with E-state index in [0.717, 1.165) is 12.1 Å². The Morgan fingerprint density at radius 2 is 1.77 bits per heavy atom. The van der Waals surface area contributed by atoms with Crippen LogP contribution in [0.25, 0.3) is 6.08 Å². The van der Waals surface area contributed by atoms with E-state index in [-0.39, 0.29) is 5.69 Å². The lowest BCUT2D eigenvalue weighted by Crippen LogP contribution is -2.17. The van der Waals surface area contributed by atoms with Gasteiger partial charge in [-0.05, 0) is 35.9 Å². The van der Waals surface area contributed by atoms with E-state index in [1.165, 1.54) is 31.4 Å². The van der Waals surface area contributed by atoms with Gasteiger partial charge >= 0.3 is 12.3 Å². The quantitative estimate of drug-likeness (QED) is 0.642. The number of ether oxygens (including phenoxy) is 2. The Hall–Kier alpha value is -3.29. The van der Waals surface area contributed by atoms with Gasteiger partial charge in [0.15, 0.2) is 0 Å². The van der Waals surface area contributed by atoms with Gasteiger partial charge in [-0.3, -0.25) is 4.79 Å². The molecule has 5 nitrogen and oxygen atoms in total. The third-order valence-electron chi connectivity index (χ3n) is 3.09. The summed E-state index contributed by atoms with van der Waals surface area (Å²) in [5, 5.41) is 2.43. The highest BCUT2D eigenvalue weighted by atomic mass is 19.4. The van der Waals surface area contributed by atoms with E-state index in [0.29, 0.717) is 11.1 Å². The van der Waals surface area contributed by atoms with Gasteiger partial charge < -0.3 is 14.8 Å². The van der Waals surface area contributed by atoms with E-state index in [1.807, 2.05) is 0 Å². The number of rotatable bonds is 5. The topological polar surface area (TPSA) is 64.6 Å². The average Bonchev–Trinajstić information content (AvgIpc) is 2.58. The molecule has 0 saturated heterocycles. The number of amides is 1. The van der Waals surface area contributed by atoms with Gasteiger partial charge in [-0.25, -0.2) is 4.79 Å². The van der Waals surface area contributed by atoms with Crippen molar-refractivity contribution in [3.8, 4) is 5.75 Å². The summed E-state index contributed by atoms with van der Waals surface area (Å²) < 4.78 is 45.0. The van der Waals surface area contributed by atoms with E-state index < -0.39 is 24.0 Å². The molecule has 0 atom stereocenters. The molecule has 0 aliphatic rings. The third kappa shape index (κ3) is 5.97. The number of hydrogen-bond donors (Lipinski definition) is 1. The molecule has 0 saturated carbocycles. The fourth-order valence-corrected chi connectivity index (χ4v) is 1.97. The van der Waals surface area contributed by atoms with Crippen LogP contribution in [0.3, 0.4) is 0 Å². The van der Waals surface area contributed by atoms with E-state index in [4.69, 9.17) is 0 Å². The van der Waals surface area contributed by atoms with E-state index >= 15 is 0 Å². The van der Waals surface area contributed by atoms with Gasteiger partial charge in [-0.2, -0.15) is 0 Å². The summed E-state index contributed by atoms with van der Waals surface area (Å²) in [4.78, 5) is 23.2. The summed E-state index contributed by atoms with van der Waals surface area (Å²) in [5.74, 6) is -1.44. The SMILES string of the molecule is COC(=O)c1ccc(/C=C/C(=O)Nc2cccc(OC(F)(F)F)c2)cc1. The molecule has 0 aliphatic heterocycles. The molecule has 8 heteroatoms. The molecule has 0 heterocycles. The fourth-order valence-electron chi connectivity index (χ4n) is 1.97. The van der Waals surface area contributed by atoms with Gasteiger partial charge in [-0.1, -0.05) is 18.2 Å². The molecule has 2 aromatic rings. The van der Waals surface area contributed by atoms with Crippen LogP contribution in [0, 0.1) is 0 Å². The molecular formula is C18H14F3NO4.